The van der Waals surface area contributed by atoms with Gasteiger partial charge in [0, 0.05) is 32.9 Å². The number of hydrogen-bond donors (Lipinski definition) is 3. The largest absolute Gasteiger partial charge is 0.477 e. The Bertz CT molecular complexity index is 1290. The van der Waals surface area contributed by atoms with Crippen molar-refractivity contribution in [1.82, 2.24) is 30.3 Å². The van der Waals surface area contributed by atoms with Crippen LogP contribution in [0.4, 0.5) is 5.13 Å². The number of methoxy groups -OCH3 is 1. The lowest BCUT2D eigenvalue weighted by atomic mass is 10.0. The molecule has 0 aliphatic carbocycles. The van der Waals surface area contributed by atoms with Gasteiger partial charge < -0.3 is 25.0 Å². The first-order valence-electron chi connectivity index (χ1n) is 10.2. The monoisotopic (exact) mass is 504 g/mol. The number of H-pyrrole nitrogens is 1. The molecule has 14 heteroatoms. The summed E-state index contributed by atoms with van der Waals surface area (Å²) in [5, 5.41) is 30.5. The number of nitrogens with one attached hydrogen (secondary N) is 2. The number of nitrogens with zero attached hydrogens (tertiary/aromatic N) is 6. The van der Waals surface area contributed by atoms with Crippen molar-refractivity contribution in [3.05, 3.63) is 33.0 Å². The molecule has 3 aromatic rings. The number of thiazole rings is 1. The fourth-order valence-electron chi connectivity index (χ4n) is 3.83. The Morgan fingerprint density at radius 3 is 2.85 bits per heavy atom. The van der Waals surface area contributed by atoms with Gasteiger partial charge in [-0.25, -0.2) is 9.78 Å². The van der Waals surface area contributed by atoms with E-state index < -0.39 is 18.0 Å². The van der Waals surface area contributed by atoms with Crippen molar-refractivity contribution >= 4 is 39.9 Å². The number of amides is 1. The molecular formula is C20H21ClN8O4S. The molecule has 2 atom stereocenters. The topological polar surface area (TPSA) is 162 Å². The molecule has 0 saturated carbocycles. The number of halogens is 1. The normalized spacial score (nSPS) is 18.0. The van der Waals surface area contributed by atoms with E-state index in [4.69, 9.17) is 16.3 Å². The zero-order chi connectivity index (χ0) is 24.6. The van der Waals surface area contributed by atoms with E-state index in [0.717, 1.165) is 11.3 Å². The van der Waals surface area contributed by atoms with Gasteiger partial charge in [0.1, 0.15) is 33.6 Å². The maximum atomic E-state index is 12.8. The zero-order valence-corrected chi connectivity index (χ0v) is 20.1. The van der Waals surface area contributed by atoms with Crippen molar-refractivity contribution in [3.8, 4) is 17.5 Å². The summed E-state index contributed by atoms with van der Waals surface area (Å²) in [6.07, 6.45) is 1.73. The number of aromatic carboxylic acids is 1. The van der Waals surface area contributed by atoms with Crippen LogP contribution in [-0.4, -0.2) is 74.3 Å². The van der Waals surface area contributed by atoms with Gasteiger partial charge in [-0.3, -0.25) is 9.48 Å². The number of carboxylic acids is 1. The van der Waals surface area contributed by atoms with Gasteiger partial charge in [0.15, 0.2) is 5.13 Å². The molecule has 1 saturated heterocycles. The molecule has 0 aromatic carbocycles. The second-order valence-corrected chi connectivity index (χ2v) is 9.13. The first kappa shape index (κ1) is 23.7. The van der Waals surface area contributed by atoms with Crippen LogP contribution in [0.25, 0.3) is 11.4 Å². The van der Waals surface area contributed by atoms with Crippen LogP contribution in [-0.2, 0) is 11.8 Å². The number of ether oxygens (including phenoxy) is 1. The molecule has 3 N–H and O–H groups in total. The van der Waals surface area contributed by atoms with Crippen molar-refractivity contribution in [3.63, 3.8) is 0 Å². The quantitative estimate of drug-likeness (QED) is 0.454. The van der Waals surface area contributed by atoms with E-state index >= 15 is 0 Å². The summed E-state index contributed by atoms with van der Waals surface area (Å²) in [6, 6.07) is 1.63. The maximum Gasteiger partial charge on any atom is 0.348 e. The molecule has 0 bridgehead atoms. The van der Waals surface area contributed by atoms with Crippen molar-refractivity contribution in [2.45, 2.75) is 25.5 Å². The minimum Gasteiger partial charge on any atom is -0.477 e. The first-order chi connectivity index (χ1) is 16.2. The fourth-order valence-corrected chi connectivity index (χ4v) is 4.96. The second-order valence-electron chi connectivity index (χ2n) is 7.77. The minimum absolute atomic E-state index is 0.0721. The molecule has 0 radical (unpaired) electrons. The molecule has 34 heavy (non-hydrogen) atoms. The molecule has 4 heterocycles. The summed E-state index contributed by atoms with van der Waals surface area (Å²) in [5.74, 6) is -1.54. The van der Waals surface area contributed by atoms with Crippen molar-refractivity contribution in [2.75, 3.05) is 25.1 Å². The van der Waals surface area contributed by atoms with Gasteiger partial charge in [-0.1, -0.05) is 28.2 Å². The number of carbonyl (C=O) groups excluding carboxylic acids is 1. The average Bonchev–Trinajstić information content (AvgIpc) is 3.51. The van der Waals surface area contributed by atoms with Gasteiger partial charge in [-0.15, -0.1) is 5.10 Å². The number of anilines is 1. The van der Waals surface area contributed by atoms with Crippen LogP contribution in [0.15, 0.2) is 6.20 Å². The molecule has 1 amide bonds. The number of carboxylic acid groups (broad SMARTS) is 1. The Morgan fingerprint density at radius 1 is 1.47 bits per heavy atom. The molecule has 178 valence electrons. The van der Waals surface area contributed by atoms with Crippen LogP contribution >= 0.6 is 22.9 Å². The fraction of sp³-hybridized carbons (Fsp3) is 0.400. The second kappa shape index (κ2) is 9.41. The van der Waals surface area contributed by atoms with Crippen molar-refractivity contribution < 1.29 is 19.4 Å². The number of aromatic amines is 1. The van der Waals surface area contributed by atoms with Gasteiger partial charge in [-0.05, 0) is 13.3 Å². The molecule has 0 unspecified atom stereocenters. The number of rotatable bonds is 6. The van der Waals surface area contributed by atoms with Gasteiger partial charge in [0.2, 0.25) is 0 Å². The van der Waals surface area contributed by atoms with Gasteiger partial charge in [0.05, 0.1) is 23.4 Å². The van der Waals surface area contributed by atoms with Gasteiger partial charge in [0.25, 0.3) is 5.91 Å². The summed E-state index contributed by atoms with van der Waals surface area (Å²) < 4.78 is 7.11. The van der Waals surface area contributed by atoms with Crippen molar-refractivity contribution in [2.24, 2.45) is 7.05 Å². The molecule has 12 nitrogen and oxygen atoms in total. The summed E-state index contributed by atoms with van der Waals surface area (Å²) >= 11 is 7.16. The molecule has 1 aliphatic heterocycles. The van der Waals surface area contributed by atoms with E-state index in [1.807, 2.05) is 11.0 Å². The van der Waals surface area contributed by atoms with Crippen LogP contribution in [0.2, 0.25) is 5.02 Å². The highest BCUT2D eigenvalue weighted by Crippen LogP contribution is 2.34. The highest BCUT2D eigenvalue weighted by Gasteiger charge is 2.34. The molecular weight excluding hydrogens is 484 g/mol. The van der Waals surface area contributed by atoms with Crippen LogP contribution in [0.5, 0.6) is 0 Å². The van der Waals surface area contributed by atoms with Crippen LogP contribution in [0.1, 0.15) is 37.8 Å². The maximum absolute atomic E-state index is 12.8. The number of hydrogen-bond acceptors (Lipinski definition) is 9. The molecule has 1 aliphatic rings. The predicted octanol–water partition coefficient (Wildman–Crippen LogP) is 1.82. The summed E-state index contributed by atoms with van der Waals surface area (Å²) in [7, 11) is 3.23. The molecule has 4 rings (SSSR count). The van der Waals surface area contributed by atoms with Gasteiger partial charge >= 0.3 is 5.97 Å². The molecule has 3 aromatic heterocycles. The van der Waals surface area contributed by atoms with E-state index in [0.29, 0.717) is 36.0 Å². The number of aromatic nitrogens is 5. The summed E-state index contributed by atoms with van der Waals surface area (Å²) in [5.41, 5.74) is 1.39. The zero-order valence-electron chi connectivity index (χ0n) is 18.5. The smallest absolute Gasteiger partial charge is 0.348 e. The van der Waals surface area contributed by atoms with E-state index in [1.165, 1.54) is 4.68 Å². The molecule has 1 fully saturated rings. The third kappa shape index (κ3) is 4.35. The standard InChI is InChI=1S/C20H21ClN8O4S/c1-9-14(21)10(6-22)15(23-9)18(30)24-11-4-5-29(8-13(11)33-3)20-25-16(17(34-20)19(31)32)12-7-28(2)27-26-12/h7,11,13,23H,4-5,8H2,1-3H3,(H,24,30)(H,31,32)/t11-,13+/m1/s1. The van der Waals surface area contributed by atoms with Gasteiger partial charge in [-0.2, -0.15) is 5.26 Å². The van der Waals surface area contributed by atoms with Crippen molar-refractivity contribution in [1.29, 1.82) is 5.26 Å². The predicted molar refractivity (Wildman–Crippen MR) is 123 cm³/mol. The molecule has 0 spiro atoms. The van der Waals surface area contributed by atoms with E-state index in [2.05, 4.69) is 25.6 Å². The highest BCUT2D eigenvalue weighted by atomic mass is 35.5. The Morgan fingerprint density at radius 2 is 2.24 bits per heavy atom. The lowest BCUT2D eigenvalue weighted by Crippen LogP contribution is -2.55. The van der Waals surface area contributed by atoms with E-state index in [9.17, 15) is 20.0 Å². The Kier molecular flexibility index (Phi) is 6.56. The van der Waals surface area contributed by atoms with Crippen LogP contribution < -0.4 is 10.2 Å². The Labute approximate surface area is 203 Å². The average molecular weight is 505 g/mol. The van der Waals surface area contributed by atoms with E-state index in [1.54, 1.807) is 27.3 Å². The SMILES string of the molecule is CO[C@H]1CN(c2nc(-c3cn(C)nn3)c(C(=O)O)s2)CC[C@H]1NC(=O)c1[nH]c(C)c(Cl)c1C#N. The van der Waals surface area contributed by atoms with Crippen LogP contribution in [0, 0.1) is 18.3 Å². The van der Waals surface area contributed by atoms with E-state index in [-0.39, 0.29) is 32.9 Å². The number of nitriles is 1. The Balaban J connectivity index is 1.52. The summed E-state index contributed by atoms with van der Waals surface area (Å²) in [4.78, 5) is 34.0. The first-order valence-corrected chi connectivity index (χ1v) is 11.4. The number of aryl methyl sites for hydroxylation is 2. The Hall–Kier alpha value is -3.47. The number of piperidine rings is 1. The lowest BCUT2D eigenvalue weighted by molar-refractivity contribution is 0.0540. The lowest BCUT2D eigenvalue weighted by Gasteiger charge is -2.37. The number of carbonyl (C=O) groups is 2. The summed E-state index contributed by atoms with van der Waals surface area (Å²) in [6.45, 7) is 2.57. The minimum atomic E-state index is -1.09. The third-order valence-electron chi connectivity index (χ3n) is 5.55. The third-order valence-corrected chi connectivity index (χ3v) is 7.13. The highest BCUT2D eigenvalue weighted by molar-refractivity contribution is 7.17. The van der Waals surface area contributed by atoms with Crippen LogP contribution in [0.3, 0.4) is 0 Å².